The zero-order chi connectivity index (χ0) is 29.3. The maximum atomic E-state index is 13.4. The van der Waals surface area contributed by atoms with Crippen molar-refractivity contribution in [2.75, 3.05) is 37.9 Å². The van der Waals surface area contributed by atoms with Crippen LogP contribution in [0, 0.1) is 0 Å². The molecule has 2 aliphatic carbocycles. The van der Waals surface area contributed by atoms with Crippen LogP contribution < -0.4 is 25.8 Å². The number of fused-ring (bicyclic) bond motifs is 1. The second-order valence-corrected chi connectivity index (χ2v) is 13.7. The molecule has 1 saturated heterocycles. The van der Waals surface area contributed by atoms with Gasteiger partial charge in [0.05, 0.1) is 25.4 Å². The Bertz CT molecular complexity index is 1490. The molecule has 13 heteroatoms. The van der Waals surface area contributed by atoms with Gasteiger partial charge in [-0.25, -0.2) is 13.4 Å². The first kappa shape index (κ1) is 28.9. The Balaban J connectivity index is 1.19. The molecule has 1 aromatic carbocycles. The van der Waals surface area contributed by atoms with Crippen LogP contribution in [0.3, 0.4) is 0 Å². The van der Waals surface area contributed by atoms with Crippen molar-refractivity contribution in [3.63, 3.8) is 0 Å². The molecule has 2 saturated carbocycles. The van der Waals surface area contributed by atoms with E-state index in [4.69, 9.17) is 30.2 Å². The van der Waals surface area contributed by atoms with Crippen molar-refractivity contribution in [3.05, 3.63) is 24.5 Å². The van der Waals surface area contributed by atoms with Gasteiger partial charge in [0.15, 0.2) is 28.5 Å². The second-order valence-electron chi connectivity index (χ2n) is 11.8. The lowest BCUT2D eigenvalue weighted by Crippen LogP contribution is -2.42. The molecule has 228 valence electrons. The third kappa shape index (κ3) is 5.86. The number of ether oxygens (including phenoxy) is 2. The summed E-state index contributed by atoms with van der Waals surface area (Å²) in [6.45, 7) is 0.791. The van der Waals surface area contributed by atoms with Crippen molar-refractivity contribution >= 4 is 33.0 Å². The van der Waals surface area contributed by atoms with E-state index in [1.54, 1.807) is 12.1 Å². The lowest BCUT2D eigenvalue weighted by molar-refractivity contribution is 0.328. The third-order valence-electron chi connectivity index (χ3n) is 9.03. The minimum absolute atomic E-state index is 0.0529. The van der Waals surface area contributed by atoms with E-state index in [1.165, 1.54) is 37.4 Å². The number of benzene rings is 1. The molecule has 3 aromatic rings. The van der Waals surface area contributed by atoms with Gasteiger partial charge in [0.1, 0.15) is 0 Å². The molecule has 0 spiro atoms. The molecule has 3 heterocycles. The highest BCUT2D eigenvalue weighted by molar-refractivity contribution is 7.89. The Morgan fingerprint density at radius 2 is 1.57 bits per heavy atom. The van der Waals surface area contributed by atoms with Gasteiger partial charge in [-0.05, 0) is 63.5 Å². The normalized spacial score (nSPS) is 22.8. The first-order valence-corrected chi connectivity index (χ1v) is 16.5. The van der Waals surface area contributed by atoms with Crippen LogP contribution >= 0.6 is 0 Å². The summed E-state index contributed by atoms with van der Waals surface area (Å²) in [5.41, 5.74) is 7.74. The van der Waals surface area contributed by atoms with Gasteiger partial charge in [0, 0.05) is 43.3 Å². The fourth-order valence-corrected chi connectivity index (χ4v) is 8.02. The topological polar surface area (TPSA) is 150 Å². The van der Waals surface area contributed by atoms with Gasteiger partial charge in [-0.2, -0.15) is 14.3 Å². The molecule has 0 atom stereocenters. The Morgan fingerprint density at radius 3 is 2.26 bits per heavy atom. The summed E-state index contributed by atoms with van der Waals surface area (Å²) in [5.74, 6) is 2.19. The van der Waals surface area contributed by atoms with Crippen LogP contribution in [-0.2, 0) is 10.0 Å². The van der Waals surface area contributed by atoms with Gasteiger partial charge in [-0.1, -0.05) is 12.8 Å². The van der Waals surface area contributed by atoms with Crippen molar-refractivity contribution in [1.82, 2.24) is 23.8 Å². The lowest BCUT2D eigenvalue weighted by Gasteiger charge is -2.32. The maximum absolute atomic E-state index is 13.4. The average molecular weight is 599 g/mol. The van der Waals surface area contributed by atoms with Gasteiger partial charge in [0.25, 0.3) is 0 Å². The van der Waals surface area contributed by atoms with Crippen molar-refractivity contribution in [1.29, 1.82) is 0 Å². The first-order chi connectivity index (χ1) is 20.4. The summed E-state index contributed by atoms with van der Waals surface area (Å²) in [5, 5.41) is 7.19. The SMILES string of the molecule is COc1ccc(S(=O)(=O)N2CCC(Nc3nc(NC4CCC(N)CC4)nc4c3ncn4C3CCCC3)CC2)cc1OC. The quantitative estimate of drug-likeness (QED) is 0.331. The molecule has 2 aromatic heterocycles. The second kappa shape index (κ2) is 12.2. The number of piperidine rings is 1. The van der Waals surface area contributed by atoms with Crippen molar-refractivity contribution < 1.29 is 17.9 Å². The third-order valence-corrected chi connectivity index (χ3v) is 10.9. The van der Waals surface area contributed by atoms with Crippen LogP contribution in [0.2, 0.25) is 0 Å². The van der Waals surface area contributed by atoms with Gasteiger partial charge in [0.2, 0.25) is 16.0 Å². The number of nitrogens with zero attached hydrogens (tertiary/aromatic N) is 5. The lowest BCUT2D eigenvalue weighted by atomic mass is 9.92. The van der Waals surface area contributed by atoms with Crippen LogP contribution in [0.25, 0.3) is 11.2 Å². The summed E-state index contributed by atoms with van der Waals surface area (Å²) in [6, 6.07) is 5.73. The highest BCUT2D eigenvalue weighted by Crippen LogP contribution is 2.35. The van der Waals surface area contributed by atoms with Crippen LogP contribution in [0.15, 0.2) is 29.4 Å². The molecule has 42 heavy (non-hydrogen) atoms. The van der Waals surface area contributed by atoms with Crippen molar-refractivity contribution in [3.8, 4) is 11.5 Å². The Morgan fingerprint density at radius 1 is 0.881 bits per heavy atom. The number of nitrogens with two attached hydrogens (primary N) is 1. The summed E-state index contributed by atoms with van der Waals surface area (Å²) in [7, 11) is -0.649. The van der Waals surface area contributed by atoms with E-state index in [2.05, 4.69) is 15.2 Å². The number of aromatic nitrogens is 4. The number of imidazole rings is 1. The molecule has 0 amide bonds. The number of methoxy groups -OCH3 is 2. The highest BCUT2D eigenvalue weighted by atomic mass is 32.2. The summed E-state index contributed by atoms with van der Waals surface area (Å²) < 4.78 is 41.2. The molecular formula is C29H42N8O4S. The average Bonchev–Trinajstić information content (AvgIpc) is 3.69. The molecule has 12 nitrogen and oxygen atoms in total. The van der Waals surface area contributed by atoms with Crippen LogP contribution in [0.1, 0.15) is 70.3 Å². The fourth-order valence-electron chi connectivity index (χ4n) is 6.54. The van der Waals surface area contributed by atoms with Crippen LogP contribution in [-0.4, -0.2) is 77.7 Å². The van der Waals surface area contributed by atoms with E-state index in [0.29, 0.717) is 61.3 Å². The molecule has 3 fully saturated rings. The molecule has 0 unspecified atom stereocenters. The number of nitrogens with one attached hydrogen (secondary N) is 2. The molecule has 1 aliphatic heterocycles. The van der Waals surface area contributed by atoms with Crippen molar-refractivity contribution in [2.24, 2.45) is 5.73 Å². The molecular weight excluding hydrogens is 556 g/mol. The van der Waals surface area contributed by atoms with Gasteiger partial charge < -0.3 is 30.4 Å². The minimum atomic E-state index is -3.67. The number of anilines is 2. The number of hydrogen-bond donors (Lipinski definition) is 3. The molecule has 0 bridgehead atoms. The zero-order valence-electron chi connectivity index (χ0n) is 24.5. The first-order valence-electron chi connectivity index (χ1n) is 15.1. The van der Waals surface area contributed by atoms with Crippen molar-refractivity contribution in [2.45, 2.75) is 93.3 Å². The van der Waals surface area contributed by atoms with Gasteiger partial charge in [-0.3, -0.25) is 0 Å². The summed E-state index contributed by atoms with van der Waals surface area (Å²) in [6.07, 6.45) is 11.9. The predicted molar refractivity (Wildman–Crippen MR) is 162 cm³/mol. The van der Waals surface area contributed by atoms with Gasteiger partial charge >= 0.3 is 0 Å². The smallest absolute Gasteiger partial charge is 0.243 e. The Hall–Kier alpha value is -3.16. The number of rotatable bonds is 9. The minimum Gasteiger partial charge on any atom is -0.493 e. The molecule has 3 aliphatic rings. The summed E-state index contributed by atoms with van der Waals surface area (Å²) in [4.78, 5) is 14.8. The highest BCUT2D eigenvalue weighted by Gasteiger charge is 2.31. The number of hydrogen-bond acceptors (Lipinski definition) is 10. The standard InChI is InChI=1S/C29H42N8O4S/c1-40-24-12-11-23(17-25(24)41-2)42(38,39)36-15-13-21(14-16-36)32-27-26-28(37(18-31-26)22-5-3-4-6-22)35-29(34-27)33-20-9-7-19(30)8-10-20/h11-12,17-22H,3-10,13-16,30H2,1-2H3,(H2,32,33,34,35). The van der Waals surface area contributed by atoms with Crippen LogP contribution in [0.4, 0.5) is 11.8 Å². The van der Waals surface area contributed by atoms with E-state index in [1.807, 2.05) is 6.33 Å². The van der Waals surface area contributed by atoms with E-state index < -0.39 is 10.0 Å². The summed E-state index contributed by atoms with van der Waals surface area (Å²) >= 11 is 0. The van der Waals surface area contributed by atoms with E-state index in [0.717, 1.165) is 49.7 Å². The monoisotopic (exact) mass is 598 g/mol. The fraction of sp³-hybridized carbons (Fsp3) is 0.621. The maximum Gasteiger partial charge on any atom is 0.243 e. The predicted octanol–water partition coefficient (Wildman–Crippen LogP) is 3.91. The van der Waals surface area contributed by atoms with Crippen LogP contribution in [0.5, 0.6) is 11.5 Å². The molecule has 0 radical (unpaired) electrons. The zero-order valence-corrected chi connectivity index (χ0v) is 25.3. The Kier molecular flexibility index (Phi) is 8.42. The van der Waals surface area contributed by atoms with E-state index >= 15 is 0 Å². The number of sulfonamides is 1. The van der Waals surface area contributed by atoms with Gasteiger partial charge in [-0.15, -0.1) is 0 Å². The molecule has 6 rings (SSSR count). The van der Waals surface area contributed by atoms with E-state index in [-0.39, 0.29) is 17.0 Å². The Labute approximate surface area is 247 Å². The molecule has 4 N–H and O–H groups in total. The largest absolute Gasteiger partial charge is 0.493 e. The van der Waals surface area contributed by atoms with E-state index in [9.17, 15) is 8.42 Å².